The van der Waals surface area contributed by atoms with Crippen LogP contribution in [0.5, 0.6) is 5.75 Å². The highest BCUT2D eigenvalue weighted by Gasteiger charge is 2.23. The molecule has 1 aliphatic rings. The van der Waals surface area contributed by atoms with Gasteiger partial charge in [-0.3, -0.25) is 0 Å². The largest absolute Gasteiger partial charge is 0.508 e. The zero-order chi connectivity index (χ0) is 19.0. The second-order valence-corrected chi connectivity index (χ2v) is 7.09. The molecule has 0 aliphatic carbocycles. The molecule has 1 saturated heterocycles. The van der Waals surface area contributed by atoms with Gasteiger partial charge in [-0.1, -0.05) is 12.1 Å². The van der Waals surface area contributed by atoms with E-state index in [0.717, 1.165) is 37.1 Å². The molecule has 0 unspecified atom stereocenters. The highest BCUT2D eigenvalue weighted by Crippen LogP contribution is 2.25. The Kier molecular flexibility index (Phi) is 4.58. The minimum absolute atomic E-state index is 0.192. The lowest BCUT2D eigenvalue weighted by Gasteiger charge is -2.33. The second-order valence-electron chi connectivity index (χ2n) is 7.09. The van der Waals surface area contributed by atoms with Gasteiger partial charge in [-0.25, -0.2) is 9.18 Å². The van der Waals surface area contributed by atoms with Gasteiger partial charge in [0.25, 0.3) is 0 Å². The minimum atomic E-state index is -0.382. The van der Waals surface area contributed by atoms with Gasteiger partial charge in [-0.05, 0) is 36.8 Å². The van der Waals surface area contributed by atoms with E-state index in [1.165, 1.54) is 17.0 Å². The molecule has 1 aromatic heterocycles. The van der Waals surface area contributed by atoms with E-state index in [2.05, 4.69) is 4.90 Å². The normalized spacial score (nSPS) is 15.4. The Balaban J connectivity index is 1.53. The van der Waals surface area contributed by atoms with E-state index < -0.39 is 0 Å². The van der Waals surface area contributed by atoms with E-state index in [-0.39, 0.29) is 17.2 Å². The van der Waals surface area contributed by atoms with E-state index in [1.807, 2.05) is 6.07 Å². The maximum Gasteiger partial charge on any atom is 0.336 e. The van der Waals surface area contributed by atoms with Crippen LogP contribution in [0.2, 0.25) is 0 Å². The van der Waals surface area contributed by atoms with Crippen LogP contribution in [-0.2, 0) is 6.54 Å². The van der Waals surface area contributed by atoms with Crippen molar-refractivity contribution in [3.63, 3.8) is 0 Å². The molecular formula is C21H22FN2O3+. The van der Waals surface area contributed by atoms with E-state index in [0.29, 0.717) is 23.4 Å². The predicted octanol–water partition coefficient (Wildman–Crippen LogP) is 1.85. The topological polar surface area (TPSA) is 58.1 Å². The molecule has 1 aliphatic heterocycles. The first kappa shape index (κ1) is 17.5. The van der Waals surface area contributed by atoms with Crippen molar-refractivity contribution in [1.82, 2.24) is 0 Å². The number of phenolic OH excluding ortho intramolecular Hbond substituents is 1. The zero-order valence-electron chi connectivity index (χ0n) is 15.2. The molecule has 4 rings (SSSR count). The first-order chi connectivity index (χ1) is 13.0. The number of benzene rings is 2. The molecule has 2 aromatic carbocycles. The summed E-state index contributed by atoms with van der Waals surface area (Å²) in [5.74, 6) is -0.00423. The van der Waals surface area contributed by atoms with Gasteiger partial charge in [0, 0.05) is 17.0 Å². The Labute approximate surface area is 156 Å². The van der Waals surface area contributed by atoms with Gasteiger partial charge in [0.05, 0.1) is 31.9 Å². The Hall–Kier alpha value is -2.86. The number of fused-ring (bicyclic) bond motifs is 1. The van der Waals surface area contributed by atoms with Crippen molar-refractivity contribution in [2.45, 2.75) is 13.5 Å². The molecule has 3 aromatic rings. The van der Waals surface area contributed by atoms with Crippen molar-refractivity contribution in [3.05, 3.63) is 69.8 Å². The summed E-state index contributed by atoms with van der Waals surface area (Å²) in [6, 6.07) is 11.7. The number of hydrogen-bond donors (Lipinski definition) is 2. The minimum Gasteiger partial charge on any atom is -0.508 e. The third kappa shape index (κ3) is 3.53. The summed E-state index contributed by atoms with van der Waals surface area (Å²) >= 11 is 0. The Morgan fingerprint density at radius 2 is 1.93 bits per heavy atom. The summed E-state index contributed by atoms with van der Waals surface area (Å²) in [7, 11) is 0. The van der Waals surface area contributed by atoms with E-state index in [9.17, 15) is 14.3 Å². The van der Waals surface area contributed by atoms with E-state index in [1.54, 1.807) is 31.2 Å². The summed E-state index contributed by atoms with van der Waals surface area (Å²) in [5, 5.41) is 10.8. The van der Waals surface area contributed by atoms with Crippen molar-refractivity contribution in [2.24, 2.45) is 0 Å². The van der Waals surface area contributed by atoms with Crippen LogP contribution in [0, 0.1) is 12.7 Å². The van der Waals surface area contributed by atoms with Crippen molar-refractivity contribution < 1.29 is 18.8 Å². The molecular weight excluding hydrogens is 347 g/mol. The fraction of sp³-hybridized carbons (Fsp3) is 0.286. The number of halogens is 1. The number of aryl methyl sites for hydroxylation is 1. The standard InChI is InChI=1S/C21H21FN2O3/c1-14-10-20-16(12-19(14)25)15(11-21(26)27-20)13-23-6-8-24(9-7-23)18-5-3-2-4-17(18)22/h2-5,10-12,25H,6-9,13H2,1H3/p+1. The van der Waals surface area contributed by atoms with Gasteiger partial charge >= 0.3 is 5.63 Å². The van der Waals surface area contributed by atoms with Crippen LogP contribution in [0.25, 0.3) is 11.0 Å². The molecule has 27 heavy (non-hydrogen) atoms. The van der Waals surface area contributed by atoms with Crippen LogP contribution >= 0.6 is 0 Å². The molecule has 0 radical (unpaired) electrons. The van der Waals surface area contributed by atoms with Gasteiger partial charge < -0.3 is 19.3 Å². The number of anilines is 1. The maximum absolute atomic E-state index is 14.0. The number of hydrogen-bond acceptors (Lipinski definition) is 4. The molecule has 2 N–H and O–H groups in total. The average molecular weight is 369 g/mol. The summed E-state index contributed by atoms with van der Waals surface area (Å²) in [6.07, 6.45) is 0. The average Bonchev–Trinajstić information content (AvgIpc) is 2.64. The Bertz CT molecular complexity index is 1040. The summed E-state index contributed by atoms with van der Waals surface area (Å²) in [6.45, 7) is 5.62. The molecule has 0 atom stereocenters. The van der Waals surface area contributed by atoms with Crippen LogP contribution in [0.3, 0.4) is 0 Å². The monoisotopic (exact) mass is 369 g/mol. The molecule has 0 bridgehead atoms. The molecule has 6 heteroatoms. The molecule has 0 saturated carbocycles. The number of aromatic hydroxyl groups is 1. The number of nitrogens with zero attached hydrogens (tertiary/aromatic N) is 1. The fourth-order valence-corrected chi connectivity index (χ4v) is 3.73. The summed E-state index contributed by atoms with van der Waals surface area (Å²) < 4.78 is 19.3. The molecule has 0 spiro atoms. The maximum atomic E-state index is 14.0. The first-order valence-electron chi connectivity index (χ1n) is 9.10. The highest BCUT2D eigenvalue weighted by molar-refractivity contribution is 5.82. The lowest BCUT2D eigenvalue weighted by molar-refractivity contribution is -0.914. The molecule has 0 amide bonds. The quantitative estimate of drug-likeness (QED) is 0.692. The van der Waals surface area contributed by atoms with Crippen LogP contribution in [0.1, 0.15) is 11.1 Å². The zero-order valence-corrected chi connectivity index (χ0v) is 15.2. The van der Waals surface area contributed by atoms with Gasteiger partial charge in [-0.15, -0.1) is 0 Å². The third-order valence-corrected chi connectivity index (χ3v) is 5.25. The lowest BCUT2D eigenvalue weighted by atomic mass is 10.1. The third-order valence-electron chi connectivity index (χ3n) is 5.25. The van der Waals surface area contributed by atoms with Gasteiger partial charge in [0.15, 0.2) is 0 Å². The smallest absolute Gasteiger partial charge is 0.336 e. The Morgan fingerprint density at radius 1 is 1.19 bits per heavy atom. The van der Waals surface area contributed by atoms with Crippen LogP contribution in [0.4, 0.5) is 10.1 Å². The SMILES string of the molecule is Cc1cc2oc(=O)cc(C[NH+]3CCN(c4ccccc4F)CC3)c2cc1O. The molecule has 1 fully saturated rings. The van der Waals surface area contributed by atoms with E-state index in [4.69, 9.17) is 4.42 Å². The van der Waals surface area contributed by atoms with Gasteiger partial charge in [-0.2, -0.15) is 0 Å². The number of rotatable bonds is 3. The highest BCUT2D eigenvalue weighted by atomic mass is 19.1. The Morgan fingerprint density at radius 3 is 2.67 bits per heavy atom. The van der Waals surface area contributed by atoms with Crippen molar-refractivity contribution >= 4 is 16.7 Å². The number of para-hydroxylation sites is 1. The van der Waals surface area contributed by atoms with Gasteiger partial charge in [0.2, 0.25) is 0 Å². The summed E-state index contributed by atoms with van der Waals surface area (Å²) in [4.78, 5) is 15.3. The van der Waals surface area contributed by atoms with Crippen molar-refractivity contribution in [2.75, 3.05) is 31.1 Å². The fourth-order valence-electron chi connectivity index (χ4n) is 3.73. The second kappa shape index (κ2) is 7.04. The lowest BCUT2D eigenvalue weighted by Crippen LogP contribution is -3.13. The molecule has 5 nitrogen and oxygen atoms in total. The number of piperazine rings is 1. The number of phenols is 1. The predicted molar refractivity (Wildman–Crippen MR) is 102 cm³/mol. The summed E-state index contributed by atoms with van der Waals surface area (Å²) in [5.41, 5.74) is 2.30. The molecule has 140 valence electrons. The number of quaternary nitrogens is 1. The van der Waals surface area contributed by atoms with Crippen LogP contribution in [0.15, 0.2) is 51.7 Å². The number of nitrogens with one attached hydrogen (secondary N) is 1. The first-order valence-corrected chi connectivity index (χ1v) is 9.10. The van der Waals surface area contributed by atoms with E-state index >= 15 is 0 Å². The molecule has 2 heterocycles. The van der Waals surface area contributed by atoms with Gasteiger partial charge in [0.1, 0.15) is 23.7 Å². The van der Waals surface area contributed by atoms with Crippen LogP contribution < -0.4 is 15.4 Å². The van der Waals surface area contributed by atoms with Crippen LogP contribution in [-0.4, -0.2) is 31.3 Å². The van der Waals surface area contributed by atoms with Crippen molar-refractivity contribution in [1.29, 1.82) is 0 Å². The van der Waals surface area contributed by atoms with Crippen molar-refractivity contribution in [3.8, 4) is 5.75 Å².